The number of aromatic nitrogens is 2. The van der Waals surface area contributed by atoms with Crippen molar-refractivity contribution in [1.82, 2.24) is 8.96 Å². The molecular weight excluding hydrogens is 344 g/mol. The Morgan fingerprint density at radius 2 is 1.80 bits per heavy atom. The molecule has 0 atom stereocenters. The summed E-state index contributed by atoms with van der Waals surface area (Å²) in [7, 11) is -2.74. The molecule has 0 amide bonds. The number of methoxy groups -OCH3 is 1. The highest BCUT2D eigenvalue weighted by Crippen LogP contribution is 2.30. The molecular formula is C17H16N2O5S. The molecule has 0 bridgehead atoms. The third kappa shape index (κ3) is 2.74. The number of hydrogen-bond acceptors (Lipinski definition) is 6. The summed E-state index contributed by atoms with van der Waals surface area (Å²) in [6.07, 6.45) is 0. The van der Waals surface area contributed by atoms with Crippen LogP contribution in [0.5, 0.6) is 5.75 Å². The molecule has 0 aliphatic rings. The van der Waals surface area contributed by atoms with Gasteiger partial charge in [0.1, 0.15) is 17.1 Å². The van der Waals surface area contributed by atoms with Crippen molar-refractivity contribution in [2.75, 3.05) is 7.11 Å². The fourth-order valence-corrected chi connectivity index (χ4v) is 4.09. The molecule has 3 rings (SSSR count). The van der Waals surface area contributed by atoms with Crippen LogP contribution in [0.4, 0.5) is 0 Å². The molecule has 0 aliphatic heterocycles. The van der Waals surface area contributed by atoms with Crippen LogP contribution < -0.4 is 0 Å². The van der Waals surface area contributed by atoms with E-state index in [0.717, 1.165) is 9.54 Å². The Labute approximate surface area is 144 Å². The number of aryl methyl sites for hydroxylation is 2. The predicted molar refractivity (Wildman–Crippen MR) is 91.2 cm³/mol. The van der Waals surface area contributed by atoms with E-state index in [9.17, 15) is 18.3 Å². The smallest absolute Gasteiger partial charge is 0.338 e. The summed E-state index contributed by atoms with van der Waals surface area (Å²) >= 11 is 0. The fraction of sp³-hybridized carbons (Fsp3) is 0.176. The largest absolute Gasteiger partial charge is 0.506 e. The van der Waals surface area contributed by atoms with E-state index in [1.165, 1.54) is 38.3 Å². The standard InChI is InChI=1S/C17H16N2O5S/c1-10-4-6-13(7-5-10)25(22,23)19-11(2)18-16-14(19)8-12(9-15(16)20)17(21)24-3/h4-9,20H,1-3H3. The SMILES string of the molecule is COC(=O)c1cc(O)c2nc(C)n(S(=O)(=O)c3ccc(C)cc3)c2c1. The number of hydrogen-bond donors (Lipinski definition) is 1. The average Bonchev–Trinajstić information content (AvgIpc) is 2.91. The highest BCUT2D eigenvalue weighted by molar-refractivity contribution is 7.90. The fourth-order valence-electron chi connectivity index (χ4n) is 2.61. The lowest BCUT2D eigenvalue weighted by molar-refractivity contribution is 0.0600. The molecule has 0 aliphatic carbocycles. The average molecular weight is 360 g/mol. The number of rotatable bonds is 3. The summed E-state index contributed by atoms with van der Waals surface area (Å²) < 4.78 is 31.7. The summed E-state index contributed by atoms with van der Waals surface area (Å²) in [6.45, 7) is 3.37. The minimum Gasteiger partial charge on any atom is -0.506 e. The first kappa shape index (κ1) is 17.0. The summed E-state index contributed by atoms with van der Waals surface area (Å²) in [5.41, 5.74) is 1.17. The van der Waals surface area contributed by atoms with Crippen LogP contribution in [0.25, 0.3) is 11.0 Å². The zero-order valence-corrected chi connectivity index (χ0v) is 14.7. The molecule has 130 valence electrons. The number of phenolic OH excluding ortho intramolecular Hbond substituents is 1. The molecule has 1 N–H and O–H groups in total. The minimum atomic E-state index is -3.94. The van der Waals surface area contributed by atoms with Gasteiger partial charge in [0.15, 0.2) is 0 Å². The number of ether oxygens (including phenoxy) is 1. The van der Waals surface area contributed by atoms with Gasteiger partial charge in [-0.05, 0) is 38.1 Å². The third-order valence-corrected chi connectivity index (χ3v) is 5.65. The van der Waals surface area contributed by atoms with Crippen LogP contribution in [0.3, 0.4) is 0 Å². The summed E-state index contributed by atoms with van der Waals surface area (Å²) in [5.74, 6) is -0.804. The van der Waals surface area contributed by atoms with E-state index in [0.29, 0.717) is 0 Å². The molecule has 1 heterocycles. The van der Waals surface area contributed by atoms with Crippen molar-refractivity contribution in [2.24, 2.45) is 0 Å². The number of carbonyl (C=O) groups excluding carboxylic acids is 1. The van der Waals surface area contributed by atoms with Crippen LogP contribution in [-0.2, 0) is 14.8 Å². The summed E-state index contributed by atoms with van der Waals surface area (Å²) in [5, 5.41) is 10.1. The van der Waals surface area contributed by atoms with Crippen LogP contribution >= 0.6 is 0 Å². The van der Waals surface area contributed by atoms with Crippen molar-refractivity contribution in [3.63, 3.8) is 0 Å². The highest BCUT2D eigenvalue weighted by atomic mass is 32.2. The van der Waals surface area contributed by atoms with Crippen molar-refractivity contribution in [2.45, 2.75) is 18.7 Å². The number of fused-ring (bicyclic) bond motifs is 1. The van der Waals surface area contributed by atoms with Crippen LogP contribution in [0.2, 0.25) is 0 Å². The molecule has 8 heteroatoms. The maximum Gasteiger partial charge on any atom is 0.338 e. The van der Waals surface area contributed by atoms with Gasteiger partial charge >= 0.3 is 5.97 Å². The summed E-state index contributed by atoms with van der Waals surface area (Å²) in [4.78, 5) is 16.0. The Bertz CT molecular complexity index is 1080. The Balaban J connectivity index is 2.32. The third-order valence-electron chi connectivity index (χ3n) is 3.84. The van der Waals surface area contributed by atoms with E-state index in [1.54, 1.807) is 12.1 Å². The zero-order valence-electron chi connectivity index (χ0n) is 13.8. The van der Waals surface area contributed by atoms with Crippen LogP contribution in [0.15, 0.2) is 41.3 Å². The van der Waals surface area contributed by atoms with Crippen molar-refractivity contribution in [3.8, 4) is 5.75 Å². The number of esters is 1. The highest BCUT2D eigenvalue weighted by Gasteiger charge is 2.25. The van der Waals surface area contributed by atoms with Gasteiger partial charge in [-0.15, -0.1) is 0 Å². The van der Waals surface area contributed by atoms with E-state index < -0.39 is 16.0 Å². The molecule has 0 radical (unpaired) electrons. The Kier molecular flexibility index (Phi) is 4.00. The number of aromatic hydroxyl groups is 1. The molecule has 0 unspecified atom stereocenters. The number of nitrogens with zero attached hydrogens (tertiary/aromatic N) is 2. The van der Waals surface area contributed by atoms with Gasteiger partial charge in [-0.1, -0.05) is 17.7 Å². The van der Waals surface area contributed by atoms with E-state index in [2.05, 4.69) is 9.72 Å². The lowest BCUT2D eigenvalue weighted by Gasteiger charge is -2.10. The molecule has 1 aromatic heterocycles. The molecule has 25 heavy (non-hydrogen) atoms. The first-order valence-electron chi connectivity index (χ1n) is 7.38. The quantitative estimate of drug-likeness (QED) is 0.720. The van der Waals surface area contributed by atoms with Gasteiger partial charge in [0.25, 0.3) is 10.0 Å². The normalized spacial score (nSPS) is 11.6. The number of phenols is 1. The second-order valence-corrected chi connectivity index (χ2v) is 7.38. The Morgan fingerprint density at radius 1 is 1.16 bits per heavy atom. The van der Waals surface area contributed by atoms with Crippen molar-refractivity contribution < 1.29 is 23.1 Å². The maximum atomic E-state index is 13.0. The second kappa shape index (κ2) is 5.89. The Hall–Kier alpha value is -2.87. The van der Waals surface area contributed by atoms with Crippen LogP contribution in [-0.4, -0.2) is 35.6 Å². The monoisotopic (exact) mass is 360 g/mol. The maximum absolute atomic E-state index is 13.0. The van der Waals surface area contributed by atoms with Gasteiger partial charge in [-0.3, -0.25) is 0 Å². The predicted octanol–water partition coefficient (Wildman–Crippen LogP) is 2.38. The number of benzene rings is 2. The number of carbonyl (C=O) groups is 1. The topological polar surface area (TPSA) is 98.5 Å². The van der Waals surface area contributed by atoms with Crippen molar-refractivity contribution in [3.05, 3.63) is 53.3 Å². The molecule has 0 saturated heterocycles. The lowest BCUT2D eigenvalue weighted by atomic mass is 10.2. The molecule has 3 aromatic rings. The van der Waals surface area contributed by atoms with Gasteiger partial charge in [0.2, 0.25) is 0 Å². The Morgan fingerprint density at radius 3 is 2.40 bits per heavy atom. The van der Waals surface area contributed by atoms with Gasteiger partial charge in [0, 0.05) is 0 Å². The van der Waals surface area contributed by atoms with Gasteiger partial charge in [-0.2, -0.15) is 0 Å². The zero-order chi connectivity index (χ0) is 18.4. The molecule has 0 fully saturated rings. The minimum absolute atomic E-state index is 0.0350. The van der Waals surface area contributed by atoms with E-state index >= 15 is 0 Å². The molecule has 0 spiro atoms. The summed E-state index contributed by atoms with van der Waals surface area (Å²) in [6, 6.07) is 8.92. The van der Waals surface area contributed by atoms with Crippen LogP contribution in [0, 0.1) is 13.8 Å². The number of imidazole rings is 1. The van der Waals surface area contributed by atoms with Crippen LogP contribution in [0.1, 0.15) is 21.7 Å². The molecule has 7 nitrogen and oxygen atoms in total. The van der Waals surface area contributed by atoms with E-state index in [-0.39, 0.29) is 33.1 Å². The molecule has 2 aromatic carbocycles. The first-order chi connectivity index (χ1) is 11.8. The van der Waals surface area contributed by atoms with Gasteiger partial charge in [-0.25, -0.2) is 22.2 Å². The van der Waals surface area contributed by atoms with Gasteiger partial charge in [0.05, 0.1) is 23.1 Å². The van der Waals surface area contributed by atoms with Crippen molar-refractivity contribution >= 4 is 27.0 Å². The van der Waals surface area contributed by atoms with Gasteiger partial charge < -0.3 is 9.84 Å². The van der Waals surface area contributed by atoms with E-state index in [4.69, 9.17) is 0 Å². The lowest BCUT2D eigenvalue weighted by Crippen LogP contribution is -2.15. The van der Waals surface area contributed by atoms with E-state index in [1.807, 2.05) is 6.92 Å². The second-order valence-electron chi connectivity index (χ2n) is 5.60. The molecule has 0 saturated carbocycles. The van der Waals surface area contributed by atoms with Crippen molar-refractivity contribution in [1.29, 1.82) is 0 Å². The first-order valence-corrected chi connectivity index (χ1v) is 8.82.